The Labute approximate surface area is 87.4 Å². The molecule has 0 aromatic heterocycles. The lowest BCUT2D eigenvalue weighted by atomic mass is 9.87. The zero-order valence-corrected chi connectivity index (χ0v) is 10.4. The Bertz CT molecular complexity index is 194. The third kappa shape index (κ3) is 3.99. The molecule has 0 bridgehead atoms. The van der Waals surface area contributed by atoms with E-state index in [4.69, 9.17) is 4.74 Å². The maximum absolute atomic E-state index is 11.5. The molecule has 84 valence electrons. The summed E-state index contributed by atoms with van der Waals surface area (Å²) in [7, 11) is 1.78. The minimum Gasteiger partial charge on any atom is -0.447 e. The topological polar surface area (TPSA) is 29.5 Å². The molecule has 0 aliphatic rings. The van der Waals surface area contributed by atoms with Crippen molar-refractivity contribution >= 4 is 6.09 Å². The molecule has 3 nitrogen and oxygen atoms in total. The number of amides is 1. The number of ether oxygens (including phenoxy) is 1. The highest BCUT2D eigenvalue weighted by molar-refractivity contribution is 5.67. The summed E-state index contributed by atoms with van der Waals surface area (Å²) in [5.41, 5.74) is 0.0742. The predicted octanol–water partition coefficient (Wildman–Crippen LogP) is 2.90. The van der Waals surface area contributed by atoms with Crippen molar-refractivity contribution in [3.05, 3.63) is 0 Å². The molecular weight excluding hydrogens is 178 g/mol. The van der Waals surface area contributed by atoms with Crippen molar-refractivity contribution in [3.8, 4) is 0 Å². The normalized spacial score (nSPS) is 14.0. The van der Waals surface area contributed by atoms with Gasteiger partial charge in [-0.3, -0.25) is 0 Å². The van der Waals surface area contributed by atoms with Crippen molar-refractivity contribution in [1.29, 1.82) is 0 Å². The van der Waals surface area contributed by atoms with Gasteiger partial charge in [0, 0.05) is 13.1 Å². The number of carbonyl (C=O) groups excluding carboxylic acids is 1. The molecule has 0 saturated carbocycles. The van der Waals surface area contributed by atoms with E-state index in [0.29, 0.717) is 0 Å². The number of carbonyl (C=O) groups is 1. The molecule has 0 radical (unpaired) electrons. The minimum atomic E-state index is -0.248. The second kappa shape index (κ2) is 4.67. The minimum absolute atomic E-state index is 0.0582. The SMILES string of the molecule is CC(C)OC(=O)N(C)C(C)C(C)(C)C. The molecule has 0 saturated heterocycles. The van der Waals surface area contributed by atoms with Crippen LogP contribution in [0.25, 0.3) is 0 Å². The number of nitrogens with zero attached hydrogens (tertiary/aromatic N) is 1. The van der Waals surface area contributed by atoms with E-state index in [1.807, 2.05) is 20.8 Å². The van der Waals surface area contributed by atoms with E-state index in [1.54, 1.807) is 11.9 Å². The summed E-state index contributed by atoms with van der Waals surface area (Å²) in [5.74, 6) is 0. The summed E-state index contributed by atoms with van der Waals surface area (Å²) in [6.07, 6.45) is -0.306. The molecule has 0 heterocycles. The van der Waals surface area contributed by atoms with Crippen LogP contribution in [0.1, 0.15) is 41.5 Å². The van der Waals surface area contributed by atoms with Crippen LogP contribution < -0.4 is 0 Å². The summed E-state index contributed by atoms with van der Waals surface area (Å²) in [6.45, 7) is 12.1. The van der Waals surface area contributed by atoms with Gasteiger partial charge in [0.1, 0.15) is 0 Å². The average molecular weight is 201 g/mol. The van der Waals surface area contributed by atoms with Gasteiger partial charge in [0.25, 0.3) is 0 Å². The molecule has 0 fully saturated rings. The van der Waals surface area contributed by atoms with Crippen LogP contribution in [0.4, 0.5) is 4.79 Å². The van der Waals surface area contributed by atoms with Crippen LogP contribution in [0, 0.1) is 5.41 Å². The van der Waals surface area contributed by atoms with Crippen molar-refractivity contribution in [1.82, 2.24) is 4.90 Å². The van der Waals surface area contributed by atoms with E-state index >= 15 is 0 Å². The highest BCUT2D eigenvalue weighted by Crippen LogP contribution is 2.23. The zero-order valence-electron chi connectivity index (χ0n) is 10.4. The molecule has 3 heteroatoms. The maximum atomic E-state index is 11.5. The predicted molar refractivity (Wildman–Crippen MR) is 58.3 cm³/mol. The lowest BCUT2D eigenvalue weighted by Gasteiger charge is -2.34. The fourth-order valence-corrected chi connectivity index (χ4v) is 1.02. The number of rotatable bonds is 2. The van der Waals surface area contributed by atoms with Crippen LogP contribution >= 0.6 is 0 Å². The van der Waals surface area contributed by atoms with Crippen LogP contribution in [-0.4, -0.2) is 30.2 Å². The summed E-state index contributed by atoms with van der Waals surface area (Å²) in [6, 6.07) is 0.161. The van der Waals surface area contributed by atoms with Crippen LogP contribution in [0.2, 0.25) is 0 Å². The fourth-order valence-electron chi connectivity index (χ4n) is 1.02. The fraction of sp³-hybridized carbons (Fsp3) is 0.909. The molecular formula is C11H23NO2. The van der Waals surface area contributed by atoms with Crippen molar-refractivity contribution in [2.24, 2.45) is 5.41 Å². The van der Waals surface area contributed by atoms with Gasteiger partial charge in [-0.05, 0) is 26.2 Å². The van der Waals surface area contributed by atoms with E-state index in [9.17, 15) is 4.79 Å². The first-order chi connectivity index (χ1) is 6.16. The standard InChI is InChI=1S/C11H23NO2/c1-8(2)14-10(13)12(7)9(3)11(4,5)6/h8-9H,1-7H3. The first-order valence-corrected chi connectivity index (χ1v) is 5.09. The van der Waals surface area contributed by atoms with E-state index < -0.39 is 0 Å². The van der Waals surface area contributed by atoms with E-state index in [1.165, 1.54) is 0 Å². The van der Waals surface area contributed by atoms with Crippen LogP contribution in [-0.2, 0) is 4.74 Å². The molecule has 1 unspecified atom stereocenters. The van der Waals surface area contributed by atoms with Gasteiger partial charge >= 0.3 is 6.09 Å². The van der Waals surface area contributed by atoms with Crippen molar-refractivity contribution in [3.63, 3.8) is 0 Å². The molecule has 0 aliphatic carbocycles. The summed E-state index contributed by atoms with van der Waals surface area (Å²) < 4.78 is 5.12. The van der Waals surface area contributed by atoms with Gasteiger partial charge in [0.2, 0.25) is 0 Å². The Morgan fingerprint density at radius 2 is 1.64 bits per heavy atom. The number of hydrogen-bond donors (Lipinski definition) is 0. The Morgan fingerprint density at radius 1 is 1.21 bits per heavy atom. The molecule has 0 aromatic carbocycles. The van der Waals surface area contributed by atoms with Crippen molar-refractivity contribution in [2.75, 3.05) is 7.05 Å². The highest BCUT2D eigenvalue weighted by atomic mass is 16.6. The third-order valence-corrected chi connectivity index (χ3v) is 2.46. The van der Waals surface area contributed by atoms with Gasteiger partial charge in [-0.2, -0.15) is 0 Å². The van der Waals surface area contributed by atoms with Gasteiger partial charge in [-0.1, -0.05) is 20.8 Å². The average Bonchev–Trinajstić information content (AvgIpc) is 1.98. The molecule has 1 atom stereocenters. The molecule has 0 aromatic rings. The second-order valence-electron chi connectivity index (χ2n) is 5.09. The maximum Gasteiger partial charge on any atom is 0.410 e. The van der Waals surface area contributed by atoms with E-state index in [0.717, 1.165) is 0 Å². The lowest BCUT2D eigenvalue weighted by molar-refractivity contribution is 0.0558. The zero-order chi connectivity index (χ0) is 11.5. The molecule has 0 aliphatic heterocycles. The van der Waals surface area contributed by atoms with Crippen LogP contribution in [0.3, 0.4) is 0 Å². The van der Waals surface area contributed by atoms with Gasteiger partial charge < -0.3 is 9.64 Å². The monoisotopic (exact) mass is 201 g/mol. The number of hydrogen-bond acceptors (Lipinski definition) is 2. The Kier molecular flexibility index (Phi) is 4.43. The van der Waals surface area contributed by atoms with Gasteiger partial charge in [0.05, 0.1) is 6.10 Å². The quantitative estimate of drug-likeness (QED) is 0.687. The molecule has 0 rings (SSSR count). The summed E-state index contributed by atoms with van der Waals surface area (Å²) in [5, 5.41) is 0. The van der Waals surface area contributed by atoms with E-state index in [-0.39, 0.29) is 23.7 Å². The highest BCUT2D eigenvalue weighted by Gasteiger charge is 2.28. The van der Waals surface area contributed by atoms with Gasteiger partial charge in [0.15, 0.2) is 0 Å². The van der Waals surface area contributed by atoms with Crippen LogP contribution in [0.5, 0.6) is 0 Å². The van der Waals surface area contributed by atoms with Gasteiger partial charge in [-0.25, -0.2) is 4.79 Å². The second-order valence-corrected chi connectivity index (χ2v) is 5.09. The van der Waals surface area contributed by atoms with Crippen LogP contribution in [0.15, 0.2) is 0 Å². The largest absolute Gasteiger partial charge is 0.447 e. The lowest BCUT2D eigenvalue weighted by Crippen LogP contribution is -2.43. The molecule has 0 N–H and O–H groups in total. The first-order valence-electron chi connectivity index (χ1n) is 5.09. The summed E-state index contributed by atoms with van der Waals surface area (Å²) >= 11 is 0. The summed E-state index contributed by atoms with van der Waals surface area (Å²) in [4.78, 5) is 13.2. The molecule has 14 heavy (non-hydrogen) atoms. The first kappa shape index (κ1) is 13.3. The molecule has 1 amide bonds. The smallest absolute Gasteiger partial charge is 0.410 e. The Morgan fingerprint density at radius 3 is 1.93 bits per heavy atom. The Balaban J connectivity index is 4.32. The third-order valence-electron chi connectivity index (χ3n) is 2.46. The molecule has 0 spiro atoms. The van der Waals surface area contributed by atoms with Gasteiger partial charge in [-0.15, -0.1) is 0 Å². The Hall–Kier alpha value is -0.730. The van der Waals surface area contributed by atoms with Crippen molar-refractivity contribution in [2.45, 2.75) is 53.7 Å². The van der Waals surface area contributed by atoms with Crippen molar-refractivity contribution < 1.29 is 9.53 Å². The van der Waals surface area contributed by atoms with E-state index in [2.05, 4.69) is 20.8 Å².